The van der Waals surface area contributed by atoms with E-state index < -0.39 is 0 Å². The fraction of sp³-hybridized carbons (Fsp3) is 0.364. The molecule has 14 heavy (non-hydrogen) atoms. The number of rotatable bonds is 2. The van der Waals surface area contributed by atoms with Gasteiger partial charge in [-0.2, -0.15) is 0 Å². The summed E-state index contributed by atoms with van der Waals surface area (Å²) in [6.45, 7) is 7.74. The molecule has 1 aromatic carbocycles. The average molecular weight is 189 g/mol. The summed E-state index contributed by atoms with van der Waals surface area (Å²) in [6.07, 6.45) is 0.761. The maximum Gasteiger partial charge on any atom is 0.218 e. The van der Waals surface area contributed by atoms with Crippen molar-refractivity contribution in [2.24, 2.45) is 0 Å². The van der Waals surface area contributed by atoms with Gasteiger partial charge in [0.2, 0.25) is 6.54 Å². The highest BCUT2D eigenvalue weighted by atomic mass is 16.6. The number of hydrogen-bond donors (Lipinski definition) is 0. The van der Waals surface area contributed by atoms with Crippen molar-refractivity contribution in [1.82, 2.24) is 0 Å². The highest BCUT2D eigenvalue weighted by Crippen LogP contribution is 2.31. The van der Waals surface area contributed by atoms with E-state index >= 15 is 0 Å². The molecule has 0 aliphatic carbocycles. The minimum atomic E-state index is 0.0269. The first kappa shape index (κ1) is 8.89. The van der Waals surface area contributed by atoms with Gasteiger partial charge < -0.3 is 14.3 Å². The van der Waals surface area contributed by atoms with E-state index in [9.17, 15) is 0 Å². The summed E-state index contributed by atoms with van der Waals surface area (Å²) in [5.74, 6) is 1.58. The van der Waals surface area contributed by atoms with Gasteiger partial charge in [-0.1, -0.05) is 12.1 Å². The Bertz CT molecular complexity index is 357. The lowest BCUT2D eigenvalue weighted by Crippen LogP contribution is -2.29. The molecule has 1 aliphatic rings. The van der Waals surface area contributed by atoms with Crippen molar-refractivity contribution in [3.05, 3.63) is 35.7 Å². The summed E-state index contributed by atoms with van der Waals surface area (Å²) in [6, 6.07) is 7.61. The molecule has 3 nitrogen and oxygen atoms in total. The van der Waals surface area contributed by atoms with Gasteiger partial charge in [-0.05, 0) is 12.1 Å². The van der Waals surface area contributed by atoms with Crippen LogP contribution >= 0.6 is 0 Å². The van der Waals surface area contributed by atoms with Crippen molar-refractivity contribution in [3.63, 3.8) is 0 Å². The van der Waals surface area contributed by atoms with Crippen LogP contribution in [0.3, 0.4) is 0 Å². The fourth-order valence-electron chi connectivity index (χ4n) is 1.41. The van der Waals surface area contributed by atoms with Crippen LogP contribution in [0.2, 0.25) is 0 Å². The molecule has 1 aromatic rings. The lowest BCUT2D eigenvalue weighted by atomic mass is 10.2. The van der Waals surface area contributed by atoms with E-state index in [-0.39, 0.29) is 6.10 Å². The Labute approximate surface area is 83.1 Å². The summed E-state index contributed by atoms with van der Waals surface area (Å²) < 4.78 is 11.2. The van der Waals surface area contributed by atoms with Gasteiger partial charge in [0.15, 0.2) is 11.5 Å². The third kappa shape index (κ3) is 1.80. The molecule has 0 saturated heterocycles. The maximum absolute atomic E-state index is 6.69. The Morgan fingerprint density at radius 2 is 2.14 bits per heavy atom. The van der Waals surface area contributed by atoms with Crippen molar-refractivity contribution in [2.75, 3.05) is 13.2 Å². The molecule has 0 amide bonds. The summed E-state index contributed by atoms with van der Waals surface area (Å²) >= 11 is 0. The molecule has 72 valence electrons. The molecular formula is C11H11NO2. The van der Waals surface area contributed by atoms with E-state index in [0.29, 0.717) is 13.2 Å². The van der Waals surface area contributed by atoms with E-state index in [4.69, 9.17) is 16.0 Å². The topological polar surface area (TPSA) is 22.8 Å². The van der Waals surface area contributed by atoms with Crippen LogP contribution in [0.15, 0.2) is 24.3 Å². The van der Waals surface area contributed by atoms with Gasteiger partial charge in [-0.3, -0.25) is 0 Å². The molecule has 0 fully saturated rings. The molecule has 1 aliphatic heterocycles. The fourth-order valence-corrected chi connectivity index (χ4v) is 1.41. The smallest absolute Gasteiger partial charge is 0.218 e. The van der Waals surface area contributed by atoms with Gasteiger partial charge in [0.1, 0.15) is 12.7 Å². The van der Waals surface area contributed by atoms with Crippen LogP contribution in [-0.4, -0.2) is 19.3 Å². The molecule has 1 unspecified atom stereocenters. The van der Waals surface area contributed by atoms with Crippen LogP contribution in [-0.2, 0) is 0 Å². The van der Waals surface area contributed by atoms with E-state index in [1.54, 1.807) is 0 Å². The van der Waals surface area contributed by atoms with Crippen molar-refractivity contribution in [1.29, 1.82) is 0 Å². The molecule has 0 N–H and O–H groups in total. The van der Waals surface area contributed by atoms with E-state index in [0.717, 1.165) is 17.9 Å². The maximum atomic E-state index is 6.69. The second kappa shape index (κ2) is 4.01. The molecule has 0 radical (unpaired) electrons. The van der Waals surface area contributed by atoms with Gasteiger partial charge in [-0.25, -0.2) is 6.57 Å². The lowest BCUT2D eigenvalue weighted by molar-refractivity contribution is 0.0879. The first-order valence-electron chi connectivity index (χ1n) is 4.62. The minimum absolute atomic E-state index is 0.0269. The quantitative estimate of drug-likeness (QED) is 0.665. The summed E-state index contributed by atoms with van der Waals surface area (Å²) in [5, 5.41) is 0. The second-order valence-electron chi connectivity index (χ2n) is 3.17. The predicted octanol–water partition coefficient (Wildman–Crippen LogP) is 2.14. The van der Waals surface area contributed by atoms with Gasteiger partial charge >= 0.3 is 0 Å². The first-order chi connectivity index (χ1) is 6.90. The number of hydrogen-bond acceptors (Lipinski definition) is 2. The molecule has 0 spiro atoms. The van der Waals surface area contributed by atoms with Crippen molar-refractivity contribution >= 4 is 0 Å². The molecule has 0 bridgehead atoms. The Balaban J connectivity index is 2.03. The summed E-state index contributed by atoms with van der Waals surface area (Å²) in [5.41, 5.74) is 0. The summed E-state index contributed by atoms with van der Waals surface area (Å²) in [4.78, 5) is 3.30. The van der Waals surface area contributed by atoms with Gasteiger partial charge in [0, 0.05) is 0 Å². The zero-order valence-corrected chi connectivity index (χ0v) is 7.77. The van der Waals surface area contributed by atoms with Crippen molar-refractivity contribution in [2.45, 2.75) is 12.5 Å². The zero-order valence-electron chi connectivity index (χ0n) is 7.77. The van der Waals surface area contributed by atoms with Crippen LogP contribution in [0.25, 0.3) is 4.85 Å². The van der Waals surface area contributed by atoms with Gasteiger partial charge in [0.25, 0.3) is 0 Å². The van der Waals surface area contributed by atoms with E-state index in [2.05, 4.69) is 4.85 Å². The largest absolute Gasteiger partial charge is 0.486 e. The third-order valence-electron chi connectivity index (χ3n) is 2.13. The number of nitrogens with zero attached hydrogens (tertiary/aromatic N) is 1. The molecular weight excluding hydrogens is 178 g/mol. The van der Waals surface area contributed by atoms with E-state index in [1.807, 2.05) is 24.3 Å². The van der Waals surface area contributed by atoms with Crippen LogP contribution < -0.4 is 9.47 Å². The summed E-state index contributed by atoms with van der Waals surface area (Å²) in [7, 11) is 0. The highest BCUT2D eigenvalue weighted by Gasteiger charge is 2.20. The monoisotopic (exact) mass is 189 g/mol. The normalized spacial score (nSPS) is 18.6. The minimum Gasteiger partial charge on any atom is -0.486 e. The lowest BCUT2D eigenvalue weighted by Gasteiger charge is -2.25. The van der Waals surface area contributed by atoms with Crippen molar-refractivity contribution < 1.29 is 9.47 Å². The standard InChI is InChI=1S/C11H11NO2/c1-12-7-6-9-8-13-10-4-2-3-5-11(10)14-9/h2-5,9H,6-8H2. The number of benzene rings is 1. The van der Waals surface area contributed by atoms with Gasteiger partial charge in [-0.15, -0.1) is 0 Å². The molecule has 0 saturated carbocycles. The molecule has 1 atom stereocenters. The zero-order chi connectivity index (χ0) is 9.80. The molecule has 2 rings (SSSR count). The second-order valence-corrected chi connectivity index (χ2v) is 3.17. The third-order valence-corrected chi connectivity index (χ3v) is 2.13. The molecule has 0 aromatic heterocycles. The Kier molecular flexibility index (Phi) is 2.55. The molecule has 3 heteroatoms. The van der Waals surface area contributed by atoms with E-state index in [1.165, 1.54) is 0 Å². The number of ether oxygens (including phenoxy) is 2. The number of para-hydroxylation sites is 2. The molecule has 1 heterocycles. The van der Waals surface area contributed by atoms with Gasteiger partial charge in [0.05, 0.1) is 6.42 Å². The Hall–Kier alpha value is -1.69. The Morgan fingerprint density at radius 1 is 1.36 bits per heavy atom. The van der Waals surface area contributed by atoms with Crippen LogP contribution in [0.4, 0.5) is 0 Å². The first-order valence-corrected chi connectivity index (χ1v) is 4.62. The van der Waals surface area contributed by atoms with Crippen molar-refractivity contribution in [3.8, 4) is 11.5 Å². The van der Waals surface area contributed by atoms with Crippen LogP contribution in [0, 0.1) is 6.57 Å². The SMILES string of the molecule is [C-]#[N+]CCC1COc2ccccc2O1. The number of fused-ring (bicyclic) bond motifs is 1. The average Bonchev–Trinajstić information content (AvgIpc) is 2.26. The van der Waals surface area contributed by atoms with Crippen LogP contribution in [0.1, 0.15) is 6.42 Å². The highest BCUT2D eigenvalue weighted by molar-refractivity contribution is 5.40. The Morgan fingerprint density at radius 3 is 2.93 bits per heavy atom. The predicted molar refractivity (Wildman–Crippen MR) is 52.4 cm³/mol. The van der Waals surface area contributed by atoms with Crippen LogP contribution in [0.5, 0.6) is 11.5 Å².